The van der Waals surface area contributed by atoms with Crippen LogP contribution in [0.3, 0.4) is 0 Å². The Bertz CT molecular complexity index is 577. The van der Waals surface area contributed by atoms with Crippen LogP contribution in [0.4, 0.5) is 4.39 Å². The van der Waals surface area contributed by atoms with Gasteiger partial charge in [0.05, 0.1) is 19.9 Å². The fraction of sp³-hybridized carbons (Fsp3) is 0.714. The van der Waals surface area contributed by atoms with Crippen molar-refractivity contribution in [3.8, 4) is 5.75 Å². The molecule has 1 aromatic rings. The van der Waals surface area contributed by atoms with E-state index in [9.17, 15) is 9.50 Å². The van der Waals surface area contributed by atoms with Gasteiger partial charge in [0.1, 0.15) is 5.75 Å². The topological polar surface area (TPSA) is 32.7 Å². The summed E-state index contributed by atoms with van der Waals surface area (Å²) in [6.07, 6.45) is 2.98. The zero-order chi connectivity index (χ0) is 18.0. The molecule has 1 fully saturated rings. The minimum Gasteiger partial charge on any atom is -0.497 e. The van der Waals surface area contributed by atoms with Crippen LogP contribution in [-0.4, -0.2) is 43.0 Å². The summed E-state index contributed by atoms with van der Waals surface area (Å²) in [6.45, 7) is 6.08. The van der Waals surface area contributed by atoms with Crippen LogP contribution in [0.15, 0.2) is 18.2 Å². The van der Waals surface area contributed by atoms with Gasteiger partial charge in [-0.05, 0) is 60.8 Å². The Morgan fingerprint density at radius 3 is 2.84 bits per heavy atom. The minimum absolute atomic E-state index is 0.0967. The van der Waals surface area contributed by atoms with Crippen LogP contribution in [0.25, 0.3) is 0 Å². The van der Waals surface area contributed by atoms with Gasteiger partial charge in [-0.25, -0.2) is 0 Å². The van der Waals surface area contributed by atoms with Crippen LogP contribution < -0.4 is 4.74 Å². The standard InChI is InChI=1S/C21H32FNO2/c1-14(2)11-16-13-23-10-8-15-6-7-17(25-3)12-19(15)20(23)18(21(16)24)5-4-9-22/h6-7,12,14,16,18,20-21,24H,4-5,8-11,13H2,1-3H3. The summed E-state index contributed by atoms with van der Waals surface area (Å²) < 4.78 is 18.3. The second kappa shape index (κ2) is 8.05. The van der Waals surface area contributed by atoms with E-state index < -0.39 is 0 Å². The van der Waals surface area contributed by atoms with Crippen molar-refractivity contribution in [1.82, 2.24) is 4.90 Å². The Balaban J connectivity index is 1.94. The highest BCUT2D eigenvalue weighted by atomic mass is 19.1. The molecule has 0 spiro atoms. The highest BCUT2D eigenvalue weighted by Gasteiger charge is 2.45. The number of alkyl halides is 1. The molecule has 140 valence electrons. The molecule has 1 aromatic carbocycles. The Morgan fingerprint density at radius 1 is 1.36 bits per heavy atom. The zero-order valence-corrected chi connectivity index (χ0v) is 15.7. The first-order valence-electron chi connectivity index (χ1n) is 9.70. The monoisotopic (exact) mass is 349 g/mol. The van der Waals surface area contributed by atoms with Crippen LogP contribution in [0.5, 0.6) is 5.75 Å². The number of halogens is 1. The third-order valence-corrected chi connectivity index (χ3v) is 5.97. The second-order valence-electron chi connectivity index (χ2n) is 8.13. The first-order chi connectivity index (χ1) is 12.0. The number of hydrogen-bond donors (Lipinski definition) is 1. The number of methoxy groups -OCH3 is 1. The molecule has 0 saturated carbocycles. The van der Waals surface area contributed by atoms with E-state index in [1.807, 2.05) is 6.07 Å². The number of piperidine rings is 1. The summed E-state index contributed by atoms with van der Waals surface area (Å²) in [5.41, 5.74) is 2.62. The van der Waals surface area contributed by atoms with Crippen molar-refractivity contribution >= 4 is 0 Å². The molecule has 0 aliphatic carbocycles. The van der Waals surface area contributed by atoms with Gasteiger partial charge in [-0.15, -0.1) is 0 Å². The SMILES string of the molecule is COc1ccc2c(c1)C1C(CCCF)C(O)C(CC(C)C)CN1CC2. The summed E-state index contributed by atoms with van der Waals surface area (Å²) in [5.74, 6) is 1.81. The van der Waals surface area contributed by atoms with Crippen LogP contribution in [0.1, 0.15) is 50.3 Å². The lowest BCUT2D eigenvalue weighted by molar-refractivity contribution is -0.0731. The van der Waals surface area contributed by atoms with Gasteiger partial charge in [0.2, 0.25) is 0 Å². The maximum absolute atomic E-state index is 12.9. The van der Waals surface area contributed by atoms with Gasteiger partial charge in [-0.3, -0.25) is 9.29 Å². The zero-order valence-electron chi connectivity index (χ0n) is 15.7. The summed E-state index contributed by atoms with van der Waals surface area (Å²) in [5, 5.41) is 11.1. The predicted octanol–water partition coefficient (Wildman–Crippen LogP) is 4.00. The molecule has 2 heterocycles. The van der Waals surface area contributed by atoms with Gasteiger partial charge < -0.3 is 9.84 Å². The number of hydrogen-bond acceptors (Lipinski definition) is 3. The van der Waals surface area contributed by atoms with Gasteiger partial charge >= 0.3 is 0 Å². The van der Waals surface area contributed by atoms with E-state index in [2.05, 4.69) is 30.9 Å². The molecule has 25 heavy (non-hydrogen) atoms. The van der Waals surface area contributed by atoms with Gasteiger partial charge in [-0.2, -0.15) is 0 Å². The number of fused-ring (bicyclic) bond motifs is 3. The summed E-state index contributed by atoms with van der Waals surface area (Å²) in [4.78, 5) is 2.53. The average molecular weight is 349 g/mol. The molecule has 1 N–H and O–H groups in total. The van der Waals surface area contributed by atoms with E-state index in [4.69, 9.17) is 4.74 Å². The van der Waals surface area contributed by atoms with Crippen molar-refractivity contribution in [3.05, 3.63) is 29.3 Å². The number of ether oxygens (including phenoxy) is 1. The molecule has 2 aliphatic rings. The van der Waals surface area contributed by atoms with Gasteiger partial charge in [0, 0.05) is 25.0 Å². The molecule has 1 saturated heterocycles. The van der Waals surface area contributed by atoms with Gasteiger partial charge in [0.15, 0.2) is 0 Å². The first-order valence-corrected chi connectivity index (χ1v) is 9.70. The fourth-order valence-electron chi connectivity index (χ4n) is 4.92. The third kappa shape index (κ3) is 3.85. The number of nitrogens with zero attached hydrogens (tertiary/aromatic N) is 1. The molecular weight excluding hydrogens is 317 g/mol. The lowest BCUT2D eigenvalue weighted by atomic mass is 9.71. The number of benzene rings is 1. The molecule has 0 radical (unpaired) electrons. The quantitative estimate of drug-likeness (QED) is 0.843. The minimum atomic E-state index is -0.354. The molecule has 3 rings (SSSR count). The van der Waals surface area contributed by atoms with Crippen LogP contribution >= 0.6 is 0 Å². The van der Waals surface area contributed by atoms with Crippen LogP contribution in [0, 0.1) is 17.8 Å². The fourth-order valence-corrected chi connectivity index (χ4v) is 4.92. The van der Waals surface area contributed by atoms with E-state index in [-0.39, 0.29) is 30.7 Å². The number of aliphatic hydroxyl groups is 1. The van der Waals surface area contributed by atoms with Crippen LogP contribution in [0.2, 0.25) is 0 Å². The Kier molecular flexibility index (Phi) is 6.00. The molecule has 3 nitrogen and oxygen atoms in total. The van der Waals surface area contributed by atoms with E-state index in [0.717, 1.165) is 38.1 Å². The van der Waals surface area contributed by atoms with E-state index in [1.165, 1.54) is 11.1 Å². The smallest absolute Gasteiger partial charge is 0.119 e. The third-order valence-electron chi connectivity index (χ3n) is 5.97. The van der Waals surface area contributed by atoms with Gasteiger partial charge in [0.25, 0.3) is 0 Å². The lowest BCUT2D eigenvalue weighted by Crippen LogP contribution is -2.53. The molecule has 4 atom stereocenters. The molecule has 4 heteroatoms. The molecule has 2 aliphatic heterocycles. The lowest BCUT2D eigenvalue weighted by Gasteiger charge is -2.51. The van der Waals surface area contributed by atoms with Crippen molar-refractivity contribution in [2.24, 2.45) is 17.8 Å². The van der Waals surface area contributed by atoms with Gasteiger partial charge in [-0.1, -0.05) is 19.9 Å². The van der Waals surface area contributed by atoms with Crippen molar-refractivity contribution in [2.75, 3.05) is 26.9 Å². The highest BCUT2D eigenvalue weighted by molar-refractivity contribution is 5.40. The Labute approximate surface area is 151 Å². The maximum Gasteiger partial charge on any atom is 0.119 e. The summed E-state index contributed by atoms with van der Waals surface area (Å²) in [6, 6.07) is 6.49. The van der Waals surface area contributed by atoms with Crippen LogP contribution in [-0.2, 0) is 6.42 Å². The van der Waals surface area contributed by atoms with Crippen molar-refractivity contribution < 1.29 is 14.2 Å². The second-order valence-corrected chi connectivity index (χ2v) is 8.13. The predicted molar refractivity (Wildman–Crippen MR) is 98.7 cm³/mol. The molecule has 0 amide bonds. The summed E-state index contributed by atoms with van der Waals surface area (Å²) in [7, 11) is 1.69. The van der Waals surface area contributed by atoms with Crippen molar-refractivity contribution in [2.45, 2.75) is 51.7 Å². The molecule has 0 bridgehead atoms. The molecular formula is C21H32FNO2. The number of rotatable bonds is 6. The first kappa shape index (κ1) is 18.7. The van der Waals surface area contributed by atoms with E-state index >= 15 is 0 Å². The van der Waals surface area contributed by atoms with Crippen molar-refractivity contribution in [1.29, 1.82) is 0 Å². The Morgan fingerprint density at radius 2 is 2.16 bits per heavy atom. The largest absolute Gasteiger partial charge is 0.497 e. The maximum atomic E-state index is 12.9. The van der Waals surface area contributed by atoms with Crippen molar-refractivity contribution in [3.63, 3.8) is 0 Å². The normalized spacial score (nSPS) is 29.4. The Hall–Kier alpha value is -1.13. The van der Waals surface area contributed by atoms with E-state index in [1.54, 1.807) is 7.11 Å². The molecule has 4 unspecified atom stereocenters. The molecule has 0 aromatic heterocycles. The number of aliphatic hydroxyl groups excluding tert-OH is 1. The highest BCUT2D eigenvalue weighted by Crippen LogP contribution is 2.46. The average Bonchev–Trinajstić information content (AvgIpc) is 2.60. The van der Waals surface area contributed by atoms with E-state index in [0.29, 0.717) is 12.3 Å². The summed E-state index contributed by atoms with van der Waals surface area (Å²) >= 11 is 0.